The average molecular weight is 621 g/mol. The predicted octanol–water partition coefficient (Wildman–Crippen LogP) is 7.40. The summed E-state index contributed by atoms with van der Waals surface area (Å²) in [7, 11) is 0. The number of pyridine rings is 1. The molecule has 8 nitrogen and oxygen atoms in total. The number of alkyl halides is 3. The fourth-order valence-corrected chi connectivity index (χ4v) is 5.07. The lowest BCUT2D eigenvalue weighted by molar-refractivity contribution is -0.141. The molecule has 0 fully saturated rings. The standard InChI is InChI=1S/C32H28ClF3N6O2/c1-4-5-16-44-20(3)29-39-40-30-27(22-10-13-25(33)14-11-22)28(23-8-6-21(17-37)7-9-23)31(43)41(42(29)30)18-24-12-15-26(32(34,35)36)38-19(24)2/h6-15,20H,4-5,16,18H2,1-3H3/t20-/m1/s1. The first-order valence-electron chi connectivity index (χ1n) is 14.0. The number of rotatable bonds is 9. The summed E-state index contributed by atoms with van der Waals surface area (Å²) in [5, 5.41) is 18.8. The third-order valence-electron chi connectivity index (χ3n) is 7.30. The number of hydrogen-bond acceptors (Lipinski definition) is 6. The molecule has 3 heterocycles. The van der Waals surface area contributed by atoms with Crippen LogP contribution in [-0.4, -0.2) is 31.0 Å². The molecule has 0 amide bonds. The Bertz CT molecular complexity index is 1910. The molecular weight excluding hydrogens is 593 g/mol. The number of nitriles is 1. The van der Waals surface area contributed by atoms with Crippen molar-refractivity contribution in [1.82, 2.24) is 24.4 Å². The third kappa shape index (κ3) is 6.09. The second-order valence-electron chi connectivity index (χ2n) is 10.3. The Hall–Kier alpha value is -4.53. The van der Waals surface area contributed by atoms with Crippen molar-refractivity contribution in [3.8, 4) is 28.3 Å². The largest absolute Gasteiger partial charge is 0.433 e. The van der Waals surface area contributed by atoms with Gasteiger partial charge in [0.05, 0.1) is 23.7 Å². The van der Waals surface area contributed by atoms with Crippen LogP contribution in [0.3, 0.4) is 0 Å². The number of nitrogens with zero attached hydrogens (tertiary/aromatic N) is 6. The first-order chi connectivity index (χ1) is 21.0. The van der Waals surface area contributed by atoms with Crippen molar-refractivity contribution in [2.75, 3.05) is 6.61 Å². The van der Waals surface area contributed by atoms with E-state index in [4.69, 9.17) is 16.3 Å². The van der Waals surface area contributed by atoms with Gasteiger partial charge >= 0.3 is 6.18 Å². The highest BCUT2D eigenvalue weighted by molar-refractivity contribution is 6.30. The summed E-state index contributed by atoms with van der Waals surface area (Å²) in [5.74, 6) is 0.354. The zero-order valence-electron chi connectivity index (χ0n) is 24.2. The van der Waals surface area contributed by atoms with Crippen LogP contribution in [-0.2, 0) is 17.5 Å². The molecule has 1 atom stereocenters. The second kappa shape index (κ2) is 12.6. The molecule has 5 aromatic rings. The highest BCUT2D eigenvalue weighted by atomic mass is 35.5. The molecule has 0 radical (unpaired) electrons. The summed E-state index contributed by atoms with van der Waals surface area (Å²) in [6.07, 6.45) is -3.42. The summed E-state index contributed by atoms with van der Waals surface area (Å²) in [5.41, 5.74) is 1.75. The van der Waals surface area contributed by atoms with E-state index in [1.807, 2.05) is 13.8 Å². The molecule has 2 aromatic carbocycles. The fraction of sp³-hybridized carbons (Fsp3) is 0.281. The molecule has 226 valence electrons. The van der Waals surface area contributed by atoms with Gasteiger partial charge in [0.15, 0.2) is 11.5 Å². The van der Waals surface area contributed by atoms with E-state index < -0.39 is 23.5 Å². The van der Waals surface area contributed by atoms with Gasteiger partial charge in [0.2, 0.25) is 0 Å². The lowest BCUT2D eigenvalue weighted by atomic mass is 9.96. The van der Waals surface area contributed by atoms with E-state index in [0.29, 0.717) is 50.9 Å². The number of hydrogen-bond donors (Lipinski definition) is 0. The van der Waals surface area contributed by atoms with Gasteiger partial charge in [-0.25, -0.2) is 14.2 Å². The number of benzene rings is 2. The first-order valence-corrected chi connectivity index (χ1v) is 14.3. The SMILES string of the molecule is CCCCO[C@H](C)c1nnc2c(-c3ccc(Cl)cc3)c(-c3ccc(C#N)cc3)c(=O)n(Cc3ccc(C(F)(F)F)nc3C)n12. The molecule has 0 saturated carbocycles. The summed E-state index contributed by atoms with van der Waals surface area (Å²) >= 11 is 6.19. The van der Waals surface area contributed by atoms with Gasteiger partial charge in [-0.2, -0.15) is 18.4 Å². The Balaban J connectivity index is 1.82. The van der Waals surface area contributed by atoms with Gasteiger partial charge < -0.3 is 4.74 Å². The maximum atomic E-state index is 14.6. The van der Waals surface area contributed by atoms with E-state index in [2.05, 4.69) is 21.3 Å². The summed E-state index contributed by atoms with van der Waals surface area (Å²) in [4.78, 5) is 18.4. The third-order valence-corrected chi connectivity index (χ3v) is 7.55. The minimum Gasteiger partial charge on any atom is -0.370 e. The molecule has 0 unspecified atom stereocenters. The van der Waals surface area contributed by atoms with E-state index in [9.17, 15) is 23.2 Å². The number of aromatic nitrogens is 5. The zero-order valence-corrected chi connectivity index (χ0v) is 24.9. The van der Waals surface area contributed by atoms with Crippen molar-refractivity contribution in [3.63, 3.8) is 0 Å². The molecule has 0 aliphatic heterocycles. The summed E-state index contributed by atoms with van der Waals surface area (Å²) in [6.45, 7) is 5.67. The second-order valence-corrected chi connectivity index (χ2v) is 10.7. The Kier molecular flexibility index (Phi) is 8.85. The van der Waals surface area contributed by atoms with Crippen molar-refractivity contribution < 1.29 is 17.9 Å². The van der Waals surface area contributed by atoms with Gasteiger partial charge in [0, 0.05) is 22.9 Å². The molecule has 0 bridgehead atoms. The number of fused-ring (bicyclic) bond motifs is 1. The van der Waals surface area contributed by atoms with Crippen molar-refractivity contribution in [2.45, 2.75) is 52.4 Å². The monoisotopic (exact) mass is 620 g/mol. The van der Waals surface area contributed by atoms with E-state index in [-0.39, 0.29) is 17.8 Å². The van der Waals surface area contributed by atoms with Gasteiger partial charge in [0.25, 0.3) is 5.56 Å². The topological polar surface area (TPSA) is 98.1 Å². The van der Waals surface area contributed by atoms with Crippen LogP contribution >= 0.6 is 11.6 Å². The molecule has 0 saturated heterocycles. The number of ether oxygens (including phenoxy) is 1. The van der Waals surface area contributed by atoms with Crippen molar-refractivity contribution in [1.29, 1.82) is 5.26 Å². The average Bonchev–Trinajstić information content (AvgIpc) is 3.44. The number of unbranched alkanes of at least 4 members (excludes halogenated alkanes) is 1. The highest BCUT2D eigenvalue weighted by Gasteiger charge is 2.33. The van der Waals surface area contributed by atoms with Crippen LogP contribution in [0.25, 0.3) is 27.9 Å². The van der Waals surface area contributed by atoms with E-state index in [0.717, 1.165) is 18.9 Å². The Morgan fingerprint density at radius 3 is 2.27 bits per heavy atom. The van der Waals surface area contributed by atoms with Crippen LogP contribution in [0.15, 0.2) is 65.5 Å². The van der Waals surface area contributed by atoms with E-state index >= 15 is 0 Å². The molecule has 0 aliphatic carbocycles. The lowest BCUT2D eigenvalue weighted by Crippen LogP contribution is -2.31. The minimum atomic E-state index is -4.61. The zero-order chi connectivity index (χ0) is 31.6. The van der Waals surface area contributed by atoms with Crippen LogP contribution in [0, 0.1) is 18.3 Å². The van der Waals surface area contributed by atoms with Crippen LogP contribution in [0.2, 0.25) is 5.02 Å². The van der Waals surface area contributed by atoms with Crippen LogP contribution < -0.4 is 5.56 Å². The molecule has 0 N–H and O–H groups in total. The normalized spacial score (nSPS) is 12.4. The van der Waals surface area contributed by atoms with Crippen LogP contribution in [0.4, 0.5) is 13.2 Å². The van der Waals surface area contributed by atoms with Gasteiger partial charge in [-0.3, -0.25) is 4.79 Å². The predicted molar refractivity (Wildman–Crippen MR) is 160 cm³/mol. The molecule has 3 aromatic heterocycles. The summed E-state index contributed by atoms with van der Waals surface area (Å²) in [6, 6.07) is 17.8. The maximum absolute atomic E-state index is 14.6. The van der Waals surface area contributed by atoms with Crippen molar-refractivity contribution >= 4 is 17.2 Å². The van der Waals surface area contributed by atoms with Crippen LogP contribution in [0.1, 0.15) is 61.1 Å². The molecule has 5 rings (SSSR count). The minimum absolute atomic E-state index is 0.122. The van der Waals surface area contributed by atoms with E-state index in [1.54, 1.807) is 53.0 Å². The van der Waals surface area contributed by atoms with Gasteiger partial charge in [-0.1, -0.05) is 55.3 Å². The molecule has 0 aliphatic rings. The highest BCUT2D eigenvalue weighted by Crippen LogP contribution is 2.35. The Morgan fingerprint density at radius 2 is 1.66 bits per heavy atom. The number of halogens is 4. The Labute approximate surface area is 256 Å². The smallest absolute Gasteiger partial charge is 0.370 e. The first kappa shape index (κ1) is 30.9. The lowest BCUT2D eigenvalue weighted by Gasteiger charge is -2.20. The van der Waals surface area contributed by atoms with E-state index in [1.165, 1.54) is 17.7 Å². The van der Waals surface area contributed by atoms with Crippen LogP contribution in [0.5, 0.6) is 0 Å². The fourth-order valence-electron chi connectivity index (χ4n) is 4.94. The molecule has 12 heteroatoms. The summed E-state index contributed by atoms with van der Waals surface area (Å²) < 4.78 is 49.1. The van der Waals surface area contributed by atoms with Gasteiger partial charge in [-0.15, -0.1) is 10.2 Å². The quantitative estimate of drug-likeness (QED) is 0.159. The maximum Gasteiger partial charge on any atom is 0.433 e. The Morgan fingerprint density at radius 1 is 1.00 bits per heavy atom. The molecule has 44 heavy (non-hydrogen) atoms. The molecule has 0 spiro atoms. The van der Waals surface area contributed by atoms with Gasteiger partial charge in [0.1, 0.15) is 11.8 Å². The van der Waals surface area contributed by atoms with Crippen molar-refractivity contribution in [3.05, 3.63) is 104 Å². The molecular formula is C32H28ClF3N6O2. The number of aryl methyl sites for hydroxylation is 1. The van der Waals surface area contributed by atoms with Crippen molar-refractivity contribution in [2.24, 2.45) is 0 Å². The van der Waals surface area contributed by atoms with Gasteiger partial charge in [-0.05, 0) is 67.3 Å².